The fourth-order valence-corrected chi connectivity index (χ4v) is 2.10. The first-order valence-corrected chi connectivity index (χ1v) is 5.13. The predicted octanol–water partition coefficient (Wildman–Crippen LogP) is 2.70. The van der Waals surface area contributed by atoms with Crippen molar-refractivity contribution in [3.8, 4) is 0 Å². The first-order valence-electron chi connectivity index (χ1n) is 4.32. The van der Waals surface area contributed by atoms with Crippen LogP contribution in [0.1, 0.15) is 31.7 Å². The maximum atomic E-state index is 10.5. The third-order valence-corrected chi connectivity index (χ3v) is 3.15. The fraction of sp³-hybridized carbons (Fsp3) is 0.556. The molecule has 0 amide bonds. The number of hydrogen-bond donors (Lipinski definition) is 1. The van der Waals surface area contributed by atoms with Gasteiger partial charge in [0.1, 0.15) is 0 Å². The van der Waals surface area contributed by atoms with Crippen LogP contribution in [0.25, 0.3) is 0 Å². The van der Waals surface area contributed by atoms with Crippen molar-refractivity contribution in [2.45, 2.75) is 26.8 Å². The van der Waals surface area contributed by atoms with Gasteiger partial charge in [0.25, 0.3) is 0 Å². The van der Waals surface area contributed by atoms with Crippen molar-refractivity contribution >= 4 is 16.3 Å². The molecule has 0 aliphatic carbocycles. The summed E-state index contributed by atoms with van der Waals surface area (Å²) in [6.45, 7) is 6.05. The molecule has 5 heteroatoms. The minimum atomic E-state index is -0.385. The predicted molar refractivity (Wildman–Crippen MR) is 57.4 cm³/mol. The molecule has 0 fully saturated rings. The number of rotatable bonds is 2. The first-order chi connectivity index (χ1) is 6.32. The van der Waals surface area contributed by atoms with Crippen LogP contribution >= 0.6 is 11.3 Å². The van der Waals surface area contributed by atoms with Gasteiger partial charge in [0.15, 0.2) is 0 Å². The lowest BCUT2D eigenvalue weighted by Gasteiger charge is -2.25. The van der Waals surface area contributed by atoms with Crippen LogP contribution in [0.2, 0.25) is 0 Å². The third kappa shape index (κ3) is 2.30. The van der Waals surface area contributed by atoms with Crippen molar-refractivity contribution in [3.63, 3.8) is 0 Å². The fourth-order valence-electron chi connectivity index (χ4n) is 1.03. The summed E-state index contributed by atoms with van der Waals surface area (Å²) in [6, 6.07) is 3.09. The minimum Gasteiger partial charge on any atom is -0.323 e. The van der Waals surface area contributed by atoms with Gasteiger partial charge in [-0.1, -0.05) is 32.1 Å². The average Bonchev–Trinajstić information content (AvgIpc) is 2.48. The molecule has 0 aromatic carbocycles. The molecule has 1 aromatic rings. The van der Waals surface area contributed by atoms with Gasteiger partial charge in [0.2, 0.25) is 0 Å². The highest BCUT2D eigenvalue weighted by atomic mass is 32.1. The van der Waals surface area contributed by atoms with Gasteiger partial charge in [0, 0.05) is 17.0 Å². The molecule has 1 rings (SSSR count). The number of nitrogens with two attached hydrogens (primary N) is 1. The van der Waals surface area contributed by atoms with Crippen LogP contribution in [0, 0.1) is 15.5 Å². The Morgan fingerprint density at radius 3 is 2.43 bits per heavy atom. The van der Waals surface area contributed by atoms with E-state index >= 15 is 0 Å². The van der Waals surface area contributed by atoms with Crippen LogP contribution in [-0.2, 0) is 0 Å². The second kappa shape index (κ2) is 3.67. The Balaban J connectivity index is 2.92. The zero-order valence-corrected chi connectivity index (χ0v) is 9.30. The van der Waals surface area contributed by atoms with E-state index in [0.29, 0.717) is 0 Å². The van der Waals surface area contributed by atoms with Crippen LogP contribution in [0.5, 0.6) is 0 Å². The van der Waals surface area contributed by atoms with Crippen molar-refractivity contribution in [3.05, 3.63) is 27.1 Å². The summed E-state index contributed by atoms with van der Waals surface area (Å²) in [5, 5.41) is 10.6. The average molecular weight is 214 g/mol. The second-order valence-electron chi connectivity index (χ2n) is 4.28. The molecule has 0 radical (unpaired) electrons. The van der Waals surface area contributed by atoms with Gasteiger partial charge >= 0.3 is 5.00 Å². The maximum absolute atomic E-state index is 10.5. The smallest absolute Gasteiger partial charge is 0.323 e. The first kappa shape index (κ1) is 11.1. The largest absolute Gasteiger partial charge is 0.324 e. The molecular formula is C9H14N2O2S. The summed E-state index contributed by atoms with van der Waals surface area (Å²) < 4.78 is 0. The maximum Gasteiger partial charge on any atom is 0.324 e. The van der Waals surface area contributed by atoms with Crippen LogP contribution in [0.3, 0.4) is 0 Å². The van der Waals surface area contributed by atoms with Crippen LogP contribution in [-0.4, -0.2) is 4.92 Å². The topological polar surface area (TPSA) is 69.2 Å². The van der Waals surface area contributed by atoms with E-state index in [2.05, 4.69) is 0 Å². The van der Waals surface area contributed by atoms with Gasteiger partial charge in [-0.25, -0.2) is 0 Å². The van der Waals surface area contributed by atoms with Gasteiger partial charge in [0.05, 0.1) is 4.92 Å². The van der Waals surface area contributed by atoms with E-state index in [1.807, 2.05) is 20.8 Å². The third-order valence-electron chi connectivity index (χ3n) is 2.03. The van der Waals surface area contributed by atoms with Crippen molar-refractivity contribution in [2.24, 2.45) is 11.1 Å². The number of thiophene rings is 1. The summed E-state index contributed by atoms with van der Waals surface area (Å²) in [7, 11) is 0. The SMILES string of the molecule is CC(C)(C)[C@H](N)c1ccc([N+](=O)[O-])s1. The molecule has 1 aromatic heterocycles. The lowest BCUT2D eigenvalue weighted by molar-refractivity contribution is -0.380. The van der Waals surface area contributed by atoms with Crippen LogP contribution in [0.4, 0.5) is 5.00 Å². The molecule has 0 unspecified atom stereocenters. The van der Waals surface area contributed by atoms with Crippen molar-refractivity contribution in [1.29, 1.82) is 0 Å². The van der Waals surface area contributed by atoms with Gasteiger partial charge in [-0.3, -0.25) is 10.1 Å². The van der Waals surface area contributed by atoms with E-state index in [1.54, 1.807) is 6.07 Å². The van der Waals surface area contributed by atoms with E-state index < -0.39 is 0 Å². The summed E-state index contributed by atoms with van der Waals surface area (Å²) in [6.07, 6.45) is 0. The molecule has 2 N–H and O–H groups in total. The molecule has 4 nitrogen and oxygen atoms in total. The van der Waals surface area contributed by atoms with Gasteiger partial charge in [-0.05, 0) is 11.5 Å². The van der Waals surface area contributed by atoms with Crippen LogP contribution in [0.15, 0.2) is 12.1 Å². The van der Waals surface area contributed by atoms with Crippen molar-refractivity contribution in [2.75, 3.05) is 0 Å². The lowest BCUT2D eigenvalue weighted by atomic mass is 9.87. The van der Waals surface area contributed by atoms with E-state index in [-0.39, 0.29) is 21.4 Å². The minimum absolute atomic E-state index is 0.0707. The monoisotopic (exact) mass is 214 g/mol. The Bertz CT molecular complexity index is 341. The molecule has 0 saturated heterocycles. The molecule has 0 bridgehead atoms. The molecule has 0 aliphatic rings. The summed E-state index contributed by atoms with van der Waals surface area (Å²) >= 11 is 1.15. The van der Waals surface area contributed by atoms with Gasteiger partial charge in [-0.15, -0.1) is 0 Å². The zero-order valence-electron chi connectivity index (χ0n) is 8.48. The summed E-state index contributed by atoms with van der Waals surface area (Å²) in [5.74, 6) is 0. The van der Waals surface area contributed by atoms with E-state index in [0.717, 1.165) is 16.2 Å². The molecule has 1 heterocycles. The summed E-state index contributed by atoms with van der Waals surface area (Å²) in [5.41, 5.74) is 5.90. The van der Waals surface area contributed by atoms with Crippen LogP contribution < -0.4 is 5.73 Å². The molecular weight excluding hydrogens is 200 g/mol. The zero-order chi connectivity index (χ0) is 10.9. The van der Waals surface area contributed by atoms with E-state index in [9.17, 15) is 10.1 Å². The Hall–Kier alpha value is -0.940. The van der Waals surface area contributed by atoms with E-state index in [1.165, 1.54) is 6.07 Å². The Morgan fingerprint density at radius 1 is 1.50 bits per heavy atom. The standard InChI is InChI=1S/C9H14N2O2S/c1-9(2,3)8(10)6-4-5-7(14-6)11(12)13/h4-5,8H,10H2,1-3H3/t8-/m1/s1. The van der Waals surface area contributed by atoms with Crippen molar-refractivity contribution < 1.29 is 4.92 Å². The molecule has 78 valence electrons. The molecule has 14 heavy (non-hydrogen) atoms. The molecule has 0 spiro atoms. The Kier molecular flexibility index (Phi) is 2.92. The Labute approximate surface area is 86.9 Å². The molecule has 0 saturated carbocycles. The second-order valence-corrected chi connectivity index (χ2v) is 5.37. The van der Waals surface area contributed by atoms with Gasteiger partial charge < -0.3 is 5.73 Å². The normalized spacial score (nSPS) is 14.0. The van der Waals surface area contributed by atoms with Crippen molar-refractivity contribution in [1.82, 2.24) is 0 Å². The lowest BCUT2D eigenvalue weighted by Crippen LogP contribution is -2.25. The summed E-state index contributed by atoms with van der Waals surface area (Å²) in [4.78, 5) is 10.9. The highest BCUT2D eigenvalue weighted by Crippen LogP contribution is 2.36. The number of nitrogens with zero attached hydrogens (tertiary/aromatic N) is 1. The number of hydrogen-bond acceptors (Lipinski definition) is 4. The number of nitro groups is 1. The molecule has 1 atom stereocenters. The highest BCUT2D eigenvalue weighted by molar-refractivity contribution is 7.15. The Morgan fingerprint density at radius 2 is 2.07 bits per heavy atom. The highest BCUT2D eigenvalue weighted by Gasteiger charge is 2.25. The van der Waals surface area contributed by atoms with E-state index in [4.69, 9.17) is 5.73 Å². The van der Waals surface area contributed by atoms with Gasteiger partial charge in [-0.2, -0.15) is 0 Å². The molecule has 0 aliphatic heterocycles. The quantitative estimate of drug-likeness (QED) is 0.607.